The second-order valence-corrected chi connectivity index (χ2v) is 32.2. The normalized spacial score (nSPS) is 14.5. The summed E-state index contributed by atoms with van der Waals surface area (Å²) in [6.07, 6.45) is 60.8. The van der Waals surface area contributed by atoms with Gasteiger partial charge in [0.15, 0.2) is 12.2 Å². The first-order chi connectivity index (χ1) is 47.9. The van der Waals surface area contributed by atoms with Crippen molar-refractivity contribution in [3.8, 4) is 0 Å². The Morgan fingerprint density at radius 1 is 0.283 bits per heavy atom. The lowest BCUT2D eigenvalue weighted by Crippen LogP contribution is -2.30. The van der Waals surface area contributed by atoms with Crippen molar-refractivity contribution in [3.63, 3.8) is 0 Å². The average Bonchev–Trinajstić information content (AvgIpc) is 1.28. The van der Waals surface area contributed by atoms with E-state index in [-0.39, 0.29) is 25.7 Å². The van der Waals surface area contributed by atoms with Gasteiger partial charge in [-0.05, 0) is 37.5 Å². The lowest BCUT2D eigenvalue weighted by atomic mass is 9.99. The van der Waals surface area contributed by atoms with Crippen LogP contribution in [0.15, 0.2) is 0 Å². The summed E-state index contributed by atoms with van der Waals surface area (Å²) < 4.78 is 68.7. The van der Waals surface area contributed by atoms with Crippen molar-refractivity contribution in [1.82, 2.24) is 0 Å². The zero-order valence-corrected chi connectivity index (χ0v) is 66.6. The molecule has 19 heteroatoms. The third kappa shape index (κ3) is 71.5. The van der Waals surface area contributed by atoms with Gasteiger partial charge < -0.3 is 33.8 Å². The predicted octanol–water partition coefficient (Wildman–Crippen LogP) is 23.9. The number of hydrogen-bond donors (Lipinski definition) is 3. The number of hydrogen-bond acceptors (Lipinski definition) is 15. The molecule has 0 aromatic carbocycles. The molecule has 17 nitrogen and oxygen atoms in total. The maximum Gasteiger partial charge on any atom is 0.472 e. The number of carbonyl (C=O) groups is 4. The molecule has 0 rings (SSSR count). The largest absolute Gasteiger partial charge is 0.472 e. The zero-order valence-electron chi connectivity index (χ0n) is 64.8. The number of rotatable bonds is 79. The van der Waals surface area contributed by atoms with Gasteiger partial charge in [-0.15, -0.1) is 0 Å². The Kier molecular flexibility index (Phi) is 70.3. The quantitative estimate of drug-likeness (QED) is 0.0222. The van der Waals surface area contributed by atoms with Crippen LogP contribution < -0.4 is 0 Å². The molecule has 0 aliphatic heterocycles. The van der Waals surface area contributed by atoms with E-state index in [1.54, 1.807) is 0 Å². The fraction of sp³-hybridized carbons (Fsp3) is 0.950. The van der Waals surface area contributed by atoms with Crippen molar-refractivity contribution < 1.29 is 80.2 Å². The van der Waals surface area contributed by atoms with Crippen molar-refractivity contribution >= 4 is 39.5 Å². The van der Waals surface area contributed by atoms with Crippen LogP contribution in [0.3, 0.4) is 0 Å². The maximum absolute atomic E-state index is 13.1. The summed E-state index contributed by atoms with van der Waals surface area (Å²) in [6, 6.07) is 0. The fourth-order valence-electron chi connectivity index (χ4n) is 12.3. The topological polar surface area (TPSA) is 237 Å². The summed E-state index contributed by atoms with van der Waals surface area (Å²) >= 11 is 0. The van der Waals surface area contributed by atoms with Gasteiger partial charge in [0.05, 0.1) is 26.4 Å². The molecule has 0 amide bonds. The van der Waals surface area contributed by atoms with Gasteiger partial charge in [0.25, 0.3) is 0 Å². The van der Waals surface area contributed by atoms with E-state index in [9.17, 15) is 43.2 Å². The van der Waals surface area contributed by atoms with Crippen LogP contribution in [0, 0.1) is 11.8 Å². The van der Waals surface area contributed by atoms with Gasteiger partial charge in [0, 0.05) is 25.7 Å². The molecule has 0 aliphatic carbocycles. The second kappa shape index (κ2) is 71.7. The molecule has 7 atom stereocenters. The summed E-state index contributed by atoms with van der Waals surface area (Å²) in [6.45, 7) is 9.68. The molecule has 0 heterocycles. The van der Waals surface area contributed by atoms with E-state index in [2.05, 4.69) is 41.5 Å². The first kappa shape index (κ1) is 97.1. The monoisotopic (exact) mass is 1450 g/mol. The minimum absolute atomic E-state index is 0.107. The van der Waals surface area contributed by atoms with Gasteiger partial charge >= 0.3 is 39.5 Å². The van der Waals surface area contributed by atoms with E-state index in [1.807, 2.05) is 0 Å². The molecule has 0 spiro atoms. The lowest BCUT2D eigenvalue weighted by molar-refractivity contribution is -0.161. The van der Waals surface area contributed by atoms with Crippen LogP contribution >= 0.6 is 15.6 Å². The Morgan fingerprint density at radius 2 is 0.485 bits per heavy atom. The first-order valence-electron chi connectivity index (χ1n) is 41.6. The molecule has 0 fully saturated rings. The van der Waals surface area contributed by atoms with Crippen molar-refractivity contribution in [1.29, 1.82) is 0 Å². The Balaban J connectivity index is 5.26. The number of unbranched alkanes of at least 4 members (excludes halogenated alkanes) is 47. The number of esters is 4. The van der Waals surface area contributed by atoms with E-state index in [1.165, 1.54) is 238 Å². The van der Waals surface area contributed by atoms with Crippen molar-refractivity contribution in [2.75, 3.05) is 39.6 Å². The van der Waals surface area contributed by atoms with Crippen molar-refractivity contribution in [2.45, 2.75) is 439 Å². The molecule has 0 saturated carbocycles. The summed E-state index contributed by atoms with van der Waals surface area (Å²) in [5.41, 5.74) is 0. The molecule has 3 N–H and O–H groups in total. The van der Waals surface area contributed by atoms with E-state index in [0.29, 0.717) is 25.7 Å². The molecule has 0 aromatic rings. The Labute approximate surface area is 607 Å². The first-order valence-corrected chi connectivity index (χ1v) is 44.6. The highest BCUT2D eigenvalue weighted by atomic mass is 31.2. The van der Waals surface area contributed by atoms with Crippen LogP contribution in [0.1, 0.15) is 420 Å². The predicted molar refractivity (Wildman–Crippen MR) is 405 cm³/mol. The molecule has 0 aromatic heterocycles. The fourth-order valence-corrected chi connectivity index (χ4v) is 13.9. The summed E-state index contributed by atoms with van der Waals surface area (Å²) in [5, 5.41) is 10.6. The summed E-state index contributed by atoms with van der Waals surface area (Å²) in [5.74, 6) is -0.496. The lowest BCUT2D eigenvalue weighted by Gasteiger charge is -2.21. The molecule has 0 bridgehead atoms. The number of carbonyl (C=O) groups excluding carboxylic acids is 4. The highest BCUT2D eigenvalue weighted by Gasteiger charge is 2.30. The molecule has 99 heavy (non-hydrogen) atoms. The minimum atomic E-state index is -4.96. The zero-order chi connectivity index (χ0) is 72.8. The Bertz CT molecular complexity index is 1910. The molecule has 0 aliphatic rings. The maximum atomic E-state index is 13.1. The number of aliphatic hydroxyl groups is 1. The van der Waals surface area contributed by atoms with Crippen LogP contribution in [-0.4, -0.2) is 96.7 Å². The van der Waals surface area contributed by atoms with Crippen LogP contribution in [0.25, 0.3) is 0 Å². The van der Waals surface area contributed by atoms with Gasteiger partial charge in [-0.2, -0.15) is 0 Å². The summed E-state index contributed by atoms with van der Waals surface area (Å²) in [4.78, 5) is 73.0. The SMILES string of the molecule is CCCCCCCCCCCCCCCCCCCCCC(=O)O[C@H](COC(=O)CCCCCCCCCCCCC(C)CC)COP(=O)(O)OC[C@@H](O)COP(=O)(O)OC[C@@H](COC(=O)CCCCCCCCCCCCCC)OC(=O)CCCCCCCCCCCCC(C)CC. The molecule has 4 unspecified atom stereocenters. The summed E-state index contributed by atoms with van der Waals surface area (Å²) in [7, 11) is -9.92. The van der Waals surface area contributed by atoms with E-state index in [0.717, 1.165) is 102 Å². The number of phosphoric ester groups is 2. The van der Waals surface area contributed by atoms with E-state index >= 15 is 0 Å². The number of ether oxygens (including phenoxy) is 4. The molecule has 0 radical (unpaired) electrons. The van der Waals surface area contributed by atoms with Gasteiger partial charge in [0.2, 0.25) is 0 Å². The molecule has 0 saturated heterocycles. The van der Waals surface area contributed by atoms with E-state index < -0.39 is 97.5 Å². The standard InChI is InChI=1S/C80H156O17P2/c1-7-11-13-15-17-19-21-23-24-25-26-27-28-29-31-40-46-52-58-64-79(84)96-75(69-91-78(83)63-57-51-45-39-34-32-36-42-48-54-60-72(5)9-3)70-94-98(86,87)92-66-74(81)67-93-99(88,89)95-71-76(68-90-77(82)62-56-50-44-38-30-22-20-18-16-14-12-8-2)97-80(85)65-59-53-47-41-35-33-37-43-49-55-61-73(6)10-4/h72-76,81H,7-71H2,1-6H3,(H,86,87)(H,88,89)/t72?,73?,74-,75-,76-/m1/s1. The van der Waals surface area contributed by atoms with Gasteiger partial charge in [-0.25, -0.2) is 9.13 Å². The number of aliphatic hydroxyl groups excluding tert-OH is 1. The second-order valence-electron chi connectivity index (χ2n) is 29.3. The van der Waals surface area contributed by atoms with Crippen molar-refractivity contribution in [3.05, 3.63) is 0 Å². The third-order valence-electron chi connectivity index (χ3n) is 19.4. The van der Waals surface area contributed by atoms with Crippen LogP contribution in [0.2, 0.25) is 0 Å². The van der Waals surface area contributed by atoms with Crippen molar-refractivity contribution in [2.24, 2.45) is 11.8 Å². The highest BCUT2D eigenvalue weighted by Crippen LogP contribution is 2.45. The average molecular weight is 1450 g/mol. The van der Waals surface area contributed by atoms with Crippen LogP contribution in [0.4, 0.5) is 0 Å². The van der Waals surface area contributed by atoms with E-state index in [4.69, 9.17) is 37.0 Å². The third-order valence-corrected chi connectivity index (χ3v) is 21.3. The molecular weight excluding hydrogens is 1290 g/mol. The van der Waals surface area contributed by atoms with Gasteiger partial charge in [-0.1, -0.05) is 369 Å². The Morgan fingerprint density at radius 3 is 0.717 bits per heavy atom. The van der Waals surface area contributed by atoms with Crippen LogP contribution in [-0.2, 0) is 65.4 Å². The smallest absolute Gasteiger partial charge is 0.462 e. The minimum Gasteiger partial charge on any atom is -0.462 e. The molecular formula is C80H156O17P2. The van der Waals surface area contributed by atoms with Crippen LogP contribution in [0.5, 0.6) is 0 Å². The van der Waals surface area contributed by atoms with Gasteiger partial charge in [0.1, 0.15) is 19.3 Å². The van der Waals surface area contributed by atoms with Gasteiger partial charge in [-0.3, -0.25) is 37.3 Å². The molecule has 588 valence electrons. The highest BCUT2D eigenvalue weighted by molar-refractivity contribution is 7.47. The number of phosphoric acid groups is 2. The Hall–Kier alpha value is -1.94.